The number of thioether (sulfide) groups is 1. The van der Waals surface area contributed by atoms with Crippen molar-refractivity contribution in [2.24, 2.45) is 0 Å². The van der Waals surface area contributed by atoms with E-state index in [0.29, 0.717) is 28.3 Å². The highest BCUT2D eigenvalue weighted by molar-refractivity contribution is 8.00. The number of aromatic nitrogens is 3. The van der Waals surface area contributed by atoms with Crippen molar-refractivity contribution < 1.29 is 14.6 Å². The van der Waals surface area contributed by atoms with Crippen LogP contribution in [-0.4, -0.2) is 31.1 Å². The molecule has 28 heavy (non-hydrogen) atoms. The summed E-state index contributed by atoms with van der Waals surface area (Å²) in [5.41, 5.74) is 1.99. The molecule has 0 fully saturated rings. The Morgan fingerprint density at radius 3 is 2.68 bits per heavy atom. The van der Waals surface area contributed by atoms with E-state index in [0.717, 1.165) is 22.9 Å². The fraction of sp³-hybridized carbons (Fsp3) is 0.250. The number of nitrogens with zero attached hydrogens (tertiary/aromatic N) is 3. The molecule has 1 aromatic heterocycles. The van der Waals surface area contributed by atoms with Gasteiger partial charge in [-0.1, -0.05) is 53.7 Å². The van der Waals surface area contributed by atoms with Gasteiger partial charge in [0.2, 0.25) is 0 Å². The van der Waals surface area contributed by atoms with Gasteiger partial charge in [-0.05, 0) is 43.2 Å². The van der Waals surface area contributed by atoms with Gasteiger partial charge in [-0.15, -0.1) is 10.2 Å². The third-order valence-electron chi connectivity index (χ3n) is 4.10. The Kier molecular flexibility index (Phi) is 6.59. The van der Waals surface area contributed by atoms with E-state index in [2.05, 4.69) is 10.2 Å². The summed E-state index contributed by atoms with van der Waals surface area (Å²) in [5.74, 6) is 0.412. The number of aliphatic carboxylic acids is 1. The molecule has 1 atom stereocenters. The molecular weight excluding hydrogens is 398 g/mol. The molecule has 0 aliphatic heterocycles. The Hall–Kier alpha value is -2.51. The number of hydrogen-bond donors (Lipinski definition) is 1. The fourth-order valence-corrected chi connectivity index (χ4v) is 3.42. The number of carbonyl (C=O) groups is 1. The smallest absolute Gasteiger partial charge is 0.316 e. The van der Waals surface area contributed by atoms with Crippen LogP contribution >= 0.6 is 23.4 Å². The Labute approximate surface area is 172 Å². The van der Waals surface area contributed by atoms with E-state index < -0.39 is 11.2 Å². The zero-order chi connectivity index (χ0) is 20.1. The summed E-state index contributed by atoms with van der Waals surface area (Å²) in [6.45, 7) is 4.28. The van der Waals surface area contributed by atoms with Crippen molar-refractivity contribution in [1.82, 2.24) is 14.8 Å². The lowest BCUT2D eigenvalue weighted by atomic mass is 10.2. The van der Waals surface area contributed by atoms with Gasteiger partial charge in [0.15, 0.2) is 11.0 Å². The molecule has 0 saturated carbocycles. The minimum Gasteiger partial charge on any atom is -0.486 e. The first-order chi connectivity index (χ1) is 13.4. The van der Waals surface area contributed by atoms with E-state index in [1.807, 2.05) is 47.9 Å². The second-order valence-electron chi connectivity index (χ2n) is 6.27. The number of aryl methyl sites for hydroxylation is 1. The average molecular weight is 418 g/mol. The van der Waals surface area contributed by atoms with Crippen LogP contribution in [0, 0.1) is 6.92 Å². The van der Waals surface area contributed by atoms with Crippen LogP contribution in [0.15, 0.2) is 53.7 Å². The topological polar surface area (TPSA) is 77.2 Å². The molecule has 0 radical (unpaired) electrons. The molecule has 146 valence electrons. The molecule has 1 heterocycles. The first-order valence-electron chi connectivity index (χ1n) is 8.68. The van der Waals surface area contributed by atoms with E-state index >= 15 is 0 Å². The van der Waals surface area contributed by atoms with E-state index in [-0.39, 0.29) is 6.61 Å². The molecule has 0 amide bonds. The van der Waals surface area contributed by atoms with Crippen molar-refractivity contribution in [3.63, 3.8) is 0 Å². The number of ether oxygens (including phenoxy) is 1. The van der Waals surface area contributed by atoms with Crippen molar-refractivity contribution in [3.05, 3.63) is 70.5 Å². The van der Waals surface area contributed by atoms with E-state index in [4.69, 9.17) is 16.3 Å². The normalized spacial score (nSPS) is 12.0. The number of rotatable bonds is 8. The van der Waals surface area contributed by atoms with E-state index in [1.54, 1.807) is 19.1 Å². The third-order valence-corrected chi connectivity index (χ3v) is 5.60. The quantitative estimate of drug-likeness (QED) is 0.546. The summed E-state index contributed by atoms with van der Waals surface area (Å²) in [6.07, 6.45) is 0. The monoisotopic (exact) mass is 417 g/mol. The summed E-state index contributed by atoms with van der Waals surface area (Å²) in [7, 11) is 0. The predicted molar refractivity (Wildman–Crippen MR) is 109 cm³/mol. The van der Waals surface area contributed by atoms with E-state index in [9.17, 15) is 9.90 Å². The van der Waals surface area contributed by atoms with Crippen LogP contribution in [0.4, 0.5) is 0 Å². The number of benzene rings is 2. The van der Waals surface area contributed by atoms with Gasteiger partial charge in [0.05, 0.1) is 6.54 Å². The van der Waals surface area contributed by atoms with Crippen molar-refractivity contribution in [3.8, 4) is 5.75 Å². The maximum atomic E-state index is 11.2. The van der Waals surface area contributed by atoms with Gasteiger partial charge >= 0.3 is 5.97 Å². The molecule has 0 aliphatic rings. The van der Waals surface area contributed by atoms with E-state index in [1.165, 1.54) is 0 Å². The summed E-state index contributed by atoms with van der Waals surface area (Å²) in [6, 6.07) is 15.3. The van der Waals surface area contributed by atoms with Crippen LogP contribution in [0.25, 0.3) is 0 Å². The van der Waals surface area contributed by atoms with Crippen molar-refractivity contribution in [1.29, 1.82) is 0 Å². The molecule has 0 spiro atoms. The SMILES string of the molecule is Cc1cc(OCc2nnc(S[C@H](C)C(=O)O)n2Cc2ccccc2)ccc1Cl. The van der Waals surface area contributed by atoms with Crippen LogP contribution < -0.4 is 4.74 Å². The lowest BCUT2D eigenvalue weighted by Gasteiger charge is -2.12. The van der Waals surface area contributed by atoms with Gasteiger partial charge in [-0.2, -0.15) is 0 Å². The Bertz CT molecular complexity index is 963. The van der Waals surface area contributed by atoms with Gasteiger partial charge < -0.3 is 9.84 Å². The fourth-order valence-electron chi connectivity index (χ4n) is 2.50. The summed E-state index contributed by atoms with van der Waals surface area (Å²) in [4.78, 5) is 11.2. The van der Waals surface area contributed by atoms with Crippen LogP contribution in [0.1, 0.15) is 23.9 Å². The minimum absolute atomic E-state index is 0.211. The summed E-state index contributed by atoms with van der Waals surface area (Å²) >= 11 is 7.22. The third kappa shape index (κ3) is 5.05. The number of carboxylic acid groups (broad SMARTS) is 1. The molecular formula is C20H20ClN3O3S. The Morgan fingerprint density at radius 2 is 2.00 bits per heavy atom. The zero-order valence-corrected chi connectivity index (χ0v) is 17.1. The van der Waals surface area contributed by atoms with Crippen LogP contribution in [0.5, 0.6) is 5.75 Å². The molecule has 0 bridgehead atoms. The number of hydrogen-bond acceptors (Lipinski definition) is 5. The lowest BCUT2D eigenvalue weighted by molar-refractivity contribution is -0.136. The average Bonchev–Trinajstić information content (AvgIpc) is 3.05. The van der Waals surface area contributed by atoms with Gasteiger partial charge in [0, 0.05) is 5.02 Å². The predicted octanol–water partition coefficient (Wildman–Crippen LogP) is 4.43. The van der Waals surface area contributed by atoms with Gasteiger partial charge in [0.25, 0.3) is 0 Å². The molecule has 3 rings (SSSR count). The van der Waals surface area contributed by atoms with Crippen molar-refractivity contribution in [2.75, 3.05) is 0 Å². The first-order valence-corrected chi connectivity index (χ1v) is 9.94. The molecule has 6 nitrogen and oxygen atoms in total. The van der Waals surface area contributed by atoms with Gasteiger partial charge in [-0.3, -0.25) is 9.36 Å². The number of carboxylic acids is 1. The molecule has 0 saturated heterocycles. The molecule has 0 unspecified atom stereocenters. The second-order valence-corrected chi connectivity index (χ2v) is 7.98. The summed E-state index contributed by atoms with van der Waals surface area (Å²) in [5, 5.41) is 18.2. The lowest BCUT2D eigenvalue weighted by Crippen LogP contribution is -2.14. The maximum Gasteiger partial charge on any atom is 0.316 e. The largest absolute Gasteiger partial charge is 0.486 e. The molecule has 0 aliphatic carbocycles. The number of halogens is 1. The van der Waals surface area contributed by atoms with Gasteiger partial charge in [-0.25, -0.2) is 0 Å². The molecule has 2 aromatic carbocycles. The standard InChI is InChI=1S/C20H20ClN3O3S/c1-13-10-16(8-9-17(13)21)27-12-18-22-23-20(28-14(2)19(25)26)24(18)11-15-6-4-3-5-7-15/h3-10,14H,11-12H2,1-2H3,(H,25,26)/t14-/m1/s1. The second kappa shape index (κ2) is 9.12. The Balaban J connectivity index is 1.83. The highest BCUT2D eigenvalue weighted by Crippen LogP contribution is 2.25. The molecule has 3 aromatic rings. The van der Waals surface area contributed by atoms with Crippen LogP contribution in [0.3, 0.4) is 0 Å². The highest BCUT2D eigenvalue weighted by Gasteiger charge is 2.20. The van der Waals surface area contributed by atoms with Crippen LogP contribution in [0.2, 0.25) is 5.02 Å². The Morgan fingerprint density at radius 1 is 1.25 bits per heavy atom. The van der Waals surface area contributed by atoms with Crippen LogP contribution in [-0.2, 0) is 17.9 Å². The van der Waals surface area contributed by atoms with Gasteiger partial charge in [0.1, 0.15) is 17.6 Å². The minimum atomic E-state index is -0.895. The first kappa shape index (κ1) is 20.2. The summed E-state index contributed by atoms with van der Waals surface area (Å²) < 4.78 is 7.76. The van der Waals surface area contributed by atoms with Crippen molar-refractivity contribution in [2.45, 2.75) is 37.4 Å². The zero-order valence-electron chi connectivity index (χ0n) is 15.5. The molecule has 1 N–H and O–H groups in total. The molecule has 8 heteroatoms. The maximum absolute atomic E-state index is 11.2. The highest BCUT2D eigenvalue weighted by atomic mass is 35.5. The van der Waals surface area contributed by atoms with Crippen molar-refractivity contribution >= 4 is 29.3 Å².